The lowest BCUT2D eigenvalue weighted by molar-refractivity contribution is 0.806. The minimum atomic E-state index is 0.803. The van der Waals surface area contributed by atoms with Crippen molar-refractivity contribution in [2.24, 2.45) is 0 Å². The Morgan fingerprint density at radius 3 is 2.63 bits per heavy atom. The molecule has 2 heterocycles. The summed E-state index contributed by atoms with van der Waals surface area (Å²) in [4.78, 5) is 15.1. The summed E-state index contributed by atoms with van der Waals surface area (Å²) in [5.74, 6) is 1.82. The zero-order chi connectivity index (χ0) is 13.7. The molecule has 0 bridgehead atoms. The third kappa shape index (κ3) is 3.99. The van der Waals surface area contributed by atoms with Crippen LogP contribution in [0, 0.1) is 0 Å². The molecular weight excluding hydrogens is 304 g/mol. The van der Waals surface area contributed by atoms with Gasteiger partial charge in [0.2, 0.25) is 0 Å². The summed E-state index contributed by atoms with van der Waals surface area (Å²) in [6.07, 6.45) is 5.56. The summed E-state index contributed by atoms with van der Waals surface area (Å²) in [5, 5.41) is 0. The fourth-order valence-corrected chi connectivity index (χ4v) is 2.24. The van der Waals surface area contributed by atoms with Gasteiger partial charge in [0.25, 0.3) is 0 Å². The Morgan fingerprint density at radius 2 is 1.95 bits per heavy atom. The third-order valence-electron chi connectivity index (χ3n) is 2.76. The molecule has 2 aromatic heterocycles. The molecule has 0 radical (unpaired) electrons. The smallest absolute Gasteiger partial charge is 0.133 e. The number of anilines is 1. The first-order valence-electron chi connectivity index (χ1n) is 6.32. The van der Waals surface area contributed by atoms with E-state index >= 15 is 0 Å². The van der Waals surface area contributed by atoms with E-state index in [9.17, 15) is 0 Å². The van der Waals surface area contributed by atoms with Crippen molar-refractivity contribution in [2.75, 3.05) is 11.9 Å². The van der Waals surface area contributed by atoms with E-state index < -0.39 is 0 Å². The van der Waals surface area contributed by atoms with E-state index in [1.54, 1.807) is 0 Å². The Balaban J connectivity index is 2.16. The highest BCUT2D eigenvalue weighted by atomic mass is 79.9. The van der Waals surface area contributed by atoms with E-state index in [1.165, 1.54) is 5.56 Å². The van der Waals surface area contributed by atoms with Gasteiger partial charge in [-0.05, 0) is 40.0 Å². The van der Waals surface area contributed by atoms with Crippen LogP contribution < -0.4 is 4.90 Å². The lowest BCUT2D eigenvalue weighted by Crippen LogP contribution is -2.18. The first-order chi connectivity index (χ1) is 9.19. The van der Waals surface area contributed by atoms with Crippen molar-refractivity contribution in [1.82, 2.24) is 15.0 Å². The molecule has 0 atom stereocenters. The number of hydrogen-bond acceptors (Lipinski definition) is 4. The highest BCUT2D eigenvalue weighted by Gasteiger charge is 2.07. The van der Waals surface area contributed by atoms with E-state index in [4.69, 9.17) is 0 Å². The molecule has 2 aromatic rings. The number of halogens is 1. The van der Waals surface area contributed by atoms with Crippen LogP contribution in [0.25, 0.3) is 0 Å². The van der Waals surface area contributed by atoms with Gasteiger partial charge in [-0.3, -0.25) is 4.98 Å². The zero-order valence-corrected chi connectivity index (χ0v) is 12.8. The number of hydrogen-bond donors (Lipinski definition) is 0. The molecule has 0 N–H and O–H groups in total. The molecular formula is C14H17BrN4. The van der Waals surface area contributed by atoms with Gasteiger partial charge in [0.05, 0.1) is 0 Å². The van der Waals surface area contributed by atoms with Crippen LogP contribution in [0.1, 0.15) is 24.7 Å². The van der Waals surface area contributed by atoms with E-state index in [0.717, 1.165) is 35.6 Å². The molecule has 0 aliphatic rings. The van der Waals surface area contributed by atoms with Crippen LogP contribution in [-0.2, 0) is 13.0 Å². The summed E-state index contributed by atoms with van der Waals surface area (Å²) in [6.45, 7) is 2.93. The fourth-order valence-electron chi connectivity index (χ4n) is 1.83. The number of rotatable bonds is 5. The molecule has 0 saturated heterocycles. The topological polar surface area (TPSA) is 41.9 Å². The van der Waals surface area contributed by atoms with Crippen molar-refractivity contribution < 1.29 is 0 Å². The minimum Gasteiger partial charge on any atom is -0.355 e. The largest absolute Gasteiger partial charge is 0.355 e. The number of aryl methyl sites for hydroxylation is 1. The van der Waals surface area contributed by atoms with Crippen LogP contribution in [0.2, 0.25) is 0 Å². The van der Waals surface area contributed by atoms with Gasteiger partial charge in [0.15, 0.2) is 0 Å². The summed E-state index contributed by atoms with van der Waals surface area (Å²) in [5.41, 5.74) is 1.21. The maximum Gasteiger partial charge on any atom is 0.133 e. The number of aromatic nitrogens is 3. The SMILES string of the molecule is CCCc1nc(Br)cc(N(C)Cc2ccncc2)n1. The average molecular weight is 321 g/mol. The van der Waals surface area contributed by atoms with Crippen molar-refractivity contribution in [1.29, 1.82) is 0 Å². The van der Waals surface area contributed by atoms with Crippen molar-refractivity contribution in [3.05, 3.63) is 46.6 Å². The predicted octanol–water partition coefficient (Wildman–Crippen LogP) is 3.22. The van der Waals surface area contributed by atoms with Gasteiger partial charge in [-0.15, -0.1) is 0 Å². The fraction of sp³-hybridized carbons (Fsp3) is 0.357. The highest BCUT2D eigenvalue weighted by molar-refractivity contribution is 9.10. The summed E-state index contributed by atoms with van der Waals surface area (Å²) in [7, 11) is 2.03. The molecule has 0 spiro atoms. The molecule has 0 aliphatic carbocycles. The van der Waals surface area contributed by atoms with Gasteiger partial charge >= 0.3 is 0 Å². The molecule has 4 nitrogen and oxygen atoms in total. The monoisotopic (exact) mass is 320 g/mol. The number of pyridine rings is 1. The van der Waals surface area contributed by atoms with Crippen LogP contribution in [0.5, 0.6) is 0 Å². The van der Waals surface area contributed by atoms with Crippen molar-refractivity contribution in [2.45, 2.75) is 26.3 Å². The zero-order valence-electron chi connectivity index (χ0n) is 11.2. The normalized spacial score (nSPS) is 10.5. The Bertz CT molecular complexity index is 530. The van der Waals surface area contributed by atoms with E-state index in [1.807, 2.05) is 37.6 Å². The Morgan fingerprint density at radius 1 is 1.21 bits per heavy atom. The van der Waals surface area contributed by atoms with E-state index in [-0.39, 0.29) is 0 Å². The molecule has 19 heavy (non-hydrogen) atoms. The van der Waals surface area contributed by atoms with E-state index in [2.05, 4.69) is 42.7 Å². The van der Waals surface area contributed by atoms with Crippen molar-refractivity contribution in [3.63, 3.8) is 0 Å². The second kappa shape index (κ2) is 6.61. The Labute approximate surface area is 122 Å². The predicted molar refractivity (Wildman–Crippen MR) is 80.1 cm³/mol. The molecule has 100 valence electrons. The lowest BCUT2D eigenvalue weighted by atomic mass is 10.2. The van der Waals surface area contributed by atoms with Gasteiger partial charge in [0.1, 0.15) is 16.2 Å². The molecule has 0 aliphatic heterocycles. The molecule has 5 heteroatoms. The van der Waals surface area contributed by atoms with Crippen LogP contribution >= 0.6 is 15.9 Å². The maximum absolute atomic E-state index is 4.59. The van der Waals surface area contributed by atoms with Gasteiger partial charge in [0, 0.05) is 38.5 Å². The molecule has 0 unspecified atom stereocenters. The van der Waals surface area contributed by atoms with Gasteiger partial charge in [-0.1, -0.05) is 6.92 Å². The summed E-state index contributed by atoms with van der Waals surface area (Å²) >= 11 is 3.45. The van der Waals surface area contributed by atoms with Gasteiger partial charge in [-0.2, -0.15) is 0 Å². The molecule has 0 saturated carbocycles. The second-order valence-electron chi connectivity index (χ2n) is 4.43. The second-order valence-corrected chi connectivity index (χ2v) is 5.24. The van der Waals surface area contributed by atoms with Crippen LogP contribution in [0.4, 0.5) is 5.82 Å². The lowest BCUT2D eigenvalue weighted by Gasteiger charge is -2.19. The van der Waals surface area contributed by atoms with Crippen molar-refractivity contribution in [3.8, 4) is 0 Å². The Hall–Kier alpha value is -1.49. The van der Waals surface area contributed by atoms with Crippen LogP contribution in [0.3, 0.4) is 0 Å². The quantitative estimate of drug-likeness (QED) is 0.793. The van der Waals surface area contributed by atoms with Crippen LogP contribution in [-0.4, -0.2) is 22.0 Å². The molecule has 2 rings (SSSR count). The highest BCUT2D eigenvalue weighted by Crippen LogP contribution is 2.18. The van der Waals surface area contributed by atoms with Crippen molar-refractivity contribution >= 4 is 21.7 Å². The average Bonchev–Trinajstić information content (AvgIpc) is 2.39. The first-order valence-corrected chi connectivity index (χ1v) is 7.12. The number of nitrogens with zero attached hydrogens (tertiary/aromatic N) is 4. The molecule has 0 amide bonds. The van der Waals surface area contributed by atoms with Crippen LogP contribution in [0.15, 0.2) is 35.2 Å². The first kappa shape index (κ1) is 13.9. The summed E-state index contributed by atoms with van der Waals surface area (Å²) < 4.78 is 0.836. The van der Waals surface area contributed by atoms with Gasteiger partial charge < -0.3 is 4.90 Å². The Kier molecular flexibility index (Phi) is 4.85. The molecule has 0 aromatic carbocycles. The minimum absolute atomic E-state index is 0.803. The molecule has 0 fully saturated rings. The standard InChI is InChI=1S/C14H17BrN4/c1-3-4-13-17-12(15)9-14(18-13)19(2)10-11-5-7-16-8-6-11/h5-9H,3-4,10H2,1-2H3. The summed E-state index contributed by atoms with van der Waals surface area (Å²) in [6, 6.07) is 5.97. The third-order valence-corrected chi connectivity index (χ3v) is 3.17. The van der Waals surface area contributed by atoms with E-state index in [0.29, 0.717) is 0 Å². The maximum atomic E-state index is 4.59. The van der Waals surface area contributed by atoms with Gasteiger partial charge in [-0.25, -0.2) is 9.97 Å².